The van der Waals surface area contributed by atoms with Crippen molar-refractivity contribution >= 4 is 29.3 Å². The van der Waals surface area contributed by atoms with Crippen molar-refractivity contribution in [3.63, 3.8) is 0 Å². The summed E-state index contributed by atoms with van der Waals surface area (Å²) in [6.07, 6.45) is -2.28. The van der Waals surface area contributed by atoms with E-state index in [9.17, 15) is 19.8 Å². The van der Waals surface area contributed by atoms with Crippen LogP contribution >= 0.6 is 23.2 Å². The third-order valence-electron chi connectivity index (χ3n) is 4.35. The first-order chi connectivity index (χ1) is 13.4. The summed E-state index contributed by atoms with van der Waals surface area (Å²) in [7, 11) is 0. The Morgan fingerprint density at radius 2 is 2.00 bits per heavy atom. The van der Waals surface area contributed by atoms with Gasteiger partial charge in [0.1, 0.15) is 18.3 Å². The van der Waals surface area contributed by atoms with E-state index < -0.39 is 35.8 Å². The molecule has 0 aliphatic carbocycles. The monoisotopic (exact) mass is 428 g/mol. The molecule has 3 rings (SSSR count). The molecular weight excluding hydrogens is 411 g/mol. The molecule has 1 aliphatic rings. The Morgan fingerprint density at radius 1 is 1.25 bits per heavy atom. The van der Waals surface area contributed by atoms with Crippen molar-refractivity contribution in [3.05, 3.63) is 73.0 Å². The van der Waals surface area contributed by atoms with E-state index in [0.717, 1.165) is 15.7 Å². The van der Waals surface area contributed by atoms with Crippen molar-refractivity contribution in [1.82, 2.24) is 9.55 Å². The van der Waals surface area contributed by atoms with Gasteiger partial charge in [0.15, 0.2) is 6.23 Å². The maximum atomic E-state index is 12.1. The molecule has 0 saturated carbocycles. The second kappa shape index (κ2) is 9.04. The van der Waals surface area contributed by atoms with Crippen LogP contribution in [0.3, 0.4) is 0 Å². The van der Waals surface area contributed by atoms with E-state index in [-0.39, 0.29) is 18.8 Å². The summed E-state index contributed by atoms with van der Waals surface area (Å²) in [5, 5.41) is 21.1. The quantitative estimate of drug-likeness (QED) is 0.637. The van der Waals surface area contributed by atoms with Crippen LogP contribution in [-0.2, 0) is 16.1 Å². The number of halogens is 2. The number of ether oxygens (including phenoxy) is 2. The summed E-state index contributed by atoms with van der Waals surface area (Å²) in [5.74, 6) is 0. The minimum Gasteiger partial charge on any atom is -0.387 e. The van der Waals surface area contributed by atoms with Gasteiger partial charge in [-0.25, -0.2) is 4.79 Å². The van der Waals surface area contributed by atoms with Crippen LogP contribution in [0.2, 0.25) is 5.02 Å². The van der Waals surface area contributed by atoms with Crippen molar-refractivity contribution < 1.29 is 19.7 Å². The van der Waals surface area contributed by atoms with Crippen molar-refractivity contribution in [2.75, 3.05) is 6.61 Å². The summed E-state index contributed by atoms with van der Waals surface area (Å²) in [5.41, 5.74) is 0.559. The number of aliphatic hydroxyl groups excluding tert-OH is 2. The highest BCUT2D eigenvalue weighted by Gasteiger charge is 2.44. The molecule has 1 saturated heterocycles. The molecule has 8 nitrogen and oxygen atoms in total. The van der Waals surface area contributed by atoms with Crippen LogP contribution in [0.5, 0.6) is 0 Å². The van der Waals surface area contributed by atoms with Crippen molar-refractivity contribution in [2.45, 2.75) is 31.1 Å². The van der Waals surface area contributed by atoms with Gasteiger partial charge in [-0.1, -0.05) is 41.4 Å². The molecule has 1 aromatic carbocycles. The van der Waals surface area contributed by atoms with E-state index >= 15 is 0 Å². The normalized spacial score (nSPS) is 24.9. The number of aliphatic hydroxyl groups is 2. The number of hydrogen-bond donors (Lipinski definition) is 3. The Bertz CT molecular complexity index is 973. The Kier molecular flexibility index (Phi) is 6.71. The van der Waals surface area contributed by atoms with Crippen LogP contribution in [-0.4, -0.2) is 44.7 Å². The van der Waals surface area contributed by atoms with Gasteiger partial charge < -0.3 is 19.7 Å². The third kappa shape index (κ3) is 4.38. The number of H-pyrrole nitrogens is 1. The average molecular weight is 429 g/mol. The predicted molar refractivity (Wildman–Crippen MR) is 103 cm³/mol. The van der Waals surface area contributed by atoms with Crippen LogP contribution in [0.4, 0.5) is 0 Å². The molecule has 0 spiro atoms. The maximum absolute atomic E-state index is 12.1. The zero-order chi connectivity index (χ0) is 20.3. The average Bonchev–Trinajstić information content (AvgIpc) is 2.94. The largest absolute Gasteiger partial charge is 0.387 e. The highest BCUT2D eigenvalue weighted by Crippen LogP contribution is 2.29. The van der Waals surface area contributed by atoms with Crippen molar-refractivity contribution in [1.29, 1.82) is 0 Å². The van der Waals surface area contributed by atoms with Crippen LogP contribution in [0.1, 0.15) is 17.4 Å². The van der Waals surface area contributed by atoms with Gasteiger partial charge in [0.2, 0.25) is 0 Å². The summed E-state index contributed by atoms with van der Waals surface area (Å²) in [6, 6.07) is 7.15. The summed E-state index contributed by atoms with van der Waals surface area (Å²) < 4.78 is 12.2. The summed E-state index contributed by atoms with van der Waals surface area (Å²) in [4.78, 5) is 26.0. The minimum absolute atomic E-state index is 0.0352. The molecule has 4 atom stereocenters. The molecule has 0 amide bonds. The van der Waals surface area contributed by atoms with Crippen LogP contribution in [0.15, 0.2) is 45.6 Å². The third-order valence-corrected chi connectivity index (χ3v) is 4.84. The SMILES string of the molecule is O=c1[nH]c(=O)n([C@@H]2O[C@H](COCc3ccccc3Cl)[C@@H](O)[C@@H]2O)cc1/C=C/Cl. The lowest BCUT2D eigenvalue weighted by Gasteiger charge is -2.17. The fourth-order valence-corrected chi connectivity index (χ4v) is 3.20. The van der Waals surface area contributed by atoms with E-state index in [2.05, 4.69) is 4.98 Å². The van der Waals surface area contributed by atoms with E-state index in [1.807, 2.05) is 6.07 Å². The van der Waals surface area contributed by atoms with Crippen molar-refractivity contribution in [3.8, 4) is 0 Å². The predicted octanol–water partition coefficient (Wildman–Crippen LogP) is 1.24. The molecule has 0 radical (unpaired) electrons. The van der Waals surface area contributed by atoms with Gasteiger partial charge in [0.25, 0.3) is 5.56 Å². The molecule has 2 aromatic rings. The van der Waals surface area contributed by atoms with Crippen molar-refractivity contribution in [2.24, 2.45) is 0 Å². The zero-order valence-corrected chi connectivity index (χ0v) is 16.0. The summed E-state index contributed by atoms with van der Waals surface area (Å²) in [6.45, 7) is 0.156. The lowest BCUT2D eigenvalue weighted by atomic mass is 10.1. The van der Waals surface area contributed by atoms with Crippen LogP contribution < -0.4 is 11.2 Å². The van der Waals surface area contributed by atoms with Gasteiger partial charge in [-0.3, -0.25) is 14.3 Å². The Hall–Kier alpha value is -1.94. The standard InChI is InChI=1S/C18H18Cl2N2O6/c19-6-5-10-7-22(18(26)21-16(10)25)17-15(24)14(23)13(28-17)9-27-8-11-3-1-2-4-12(11)20/h1-7,13-15,17,23-24H,8-9H2,(H,21,25,26)/b6-5+/t13-,14-,15+,17-/m1/s1. The second-order valence-electron chi connectivity index (χ2n) is 6.20. The number of hydrogen-bond acceptors (Lipinski definition) is 6. The summed E-state index contributed by atoms with van der Waals surface area (Å²) >= 11 is 11.5. The Labute approximate surface area is 169 Å². The number of rotatable bonds is 6. The lowest BCUT2D eigenvalue weighted by molar-refractivity contribution is -0.0711. The first kappa shape index (κ1) is 20.8. The Balaban J connectivity index is 1.72. The maximum Gasteiger partial charge on any atom is 0.330 e. The molecule has 10 heteroatoms. The number of nitrogens with zero attached hydrogens (tertiary/aromatic N) is 1. The molecule has 2 heterocycles. The molecule has 1 aliphatic heterocycles. The van der Waals surface area contributed by atoms with E-state index in [1.165, 1.54) is 12.3 Å². The second-order valence-corrected chi connectivity index (χ2v) is 6.86. The molecule has 28 heavy (non-hydrogen) atoms. The van der Waals surface area contributed by atoms with E-state index in [4.69, 9.17) is 32.7 Å². The zero-order valence-electron chi connectivity index (χ0n) is 14.5. The van der Waals surface area contributed by atoms with Gasteiger partial charge >= 0.3 is 5.69 Å². The molecule has 1 aromatic heterocycles. The van der Waals surface area contributed by atoms with Crippen LogP contribution in [0, 0.1) is 0 Å². The molecule has 1 fully saturated rings. The molecule has 150 valence electrons. The number of benzene rings is 1. The minimum atomic E-state index is -1.40. The van der Waals surface area contributed by atoms with Gasteiger partial charge in [0.05, 0.1) is 18.8 Å². The van der Waals surface area contributed by atoms with Gasteiger partial charge in [-0.2, -0.15) is 0 Å². The Morgan fingerprint density at radius 3 is 2.71 bits per heavy atom. The first-order valence-corrected chi connectivity index (χ1v) is 9.18. The number of aromatic amines is 1. The van der Waals surface area contributed by atoms with E-state index in [1.54, 1.807) is 18.2 Å². The fraction of sp³-hybridized carbons (Fsp3) is 0.333. The molecule has 0 bridgehead atoms. The van der Waals surface area contributed by atoms with Crippen LogP contribution in [0.25, 0.3) is 6.08 Å². The smallest absolute Gasteiger partial charge is 0.330 e. The lowest BCUT2D eigenvalue weighted by Crippen LogP contribution is -2.38. The molecular formula is C18H18Cl2N2O6. The number of nitrogens with one attached hydrogen (secondary N) is 1. The van der Waals surface area contributed by atoms with Gasteiger partial charge in [-0.15, -0.1) is 0 Å². The first-order valence-electron chi connectivity index (χ1n) is 8.37. The highest BCUT2D eigenvalue weighted by atomic mass is 35.5. The fourth-order valence-electron chi connectivity index (χ4n) is 2.87. The van der Waals surface area contributed by atoms with E-state index in [0.29, 0.717) is 5.02 Å². The molecule has 0 unspecified atom stereocenters. The van der Waals surface area contributed by atoms with Gasteiger partial charge in [-0.05, 0) is 17.7 Å². The topological polar surface area (TPSA) is 114 Å². The highest BCUT2D eigenvalue weighted by molar-refractivity contribution is 6.31. The number of aromatic nitrogens is 2. The van der Waals surface area contributed by atoms with Gasteiger partial charge in [0, 0.05) is 16.8 Å². The molecule has 3 N–H and O–H groups in total.